The Kier molecular flexibility index (Phi) is 7.83. The van der Waals surface area contributed by atoms with Gasteiger partial charge in [-0.2, -0.15) is 0 Å². The van der Waals surface area contributed by atoms with Crippen LogP contribution in [0.4, 0.5) is 0 Å². The Morgan fingerprint density at radius 3 is 1.88 bits per heavy atom. The third kappa shape index (κ3) is 7.78. The van der Waals surface area contributed by atoms with Gasteiger partial charge in [-0.15, -0.1) is 0 Å². The topological polar surface area (TPSA) is 87.3 Å². The molecular weight excluding hydrogens is 210 g/mol. The predicted octanol–water partition coefficient (Wildman–Crippen LogP) is -0.845. The molecule has 0 saturated carbocycles. The second-order valence-electron chi connectivity index (χ2n) is 3.35. The van der Waals surface area contributed by atoms with Crippen LogP contribution in [0, 0.1) is 0 Å². The van der Waals surface area contributed by atoms with Crippen LogP contribution in [0.1, 0.15) is 26.7 Å². The van der Waals surface area contributed by atoms with Crippen LogP contribution in [0.15, 0.2) is 0 Å². The molecule has 0 aromatic heterocycles. The van der Waals surface area contributed by atoms with Gasteiger partial charge in [0.05, 0.1) is 0 Å². The van der Waals surface area contributed by atoms with Crippen LogP contribution < -0.4 is 16.0 Å². The second-order valence-corrected chi connectivity index (χ2v) is 3.35. The van der Waals surface area contributed by atoms with E-state index in [1.165, 1.54) is 6.92 Å². The maximum absolute atomic E-state index is 11.1. The van der Waals surface area contributed by atoms with E-state index in [0.29, 0.717) is 13.1 Å². The van der Waals surface area contributed by atoms with Crippen molar-refractivity contribution in [2.24, 2.45) is 0 Å². The number of unbranched alkanes of at least 4 members (excludes halogenated alkanes) is 1. The summed E-state index contributed by atoms with van der Waals surface area (Å²) < 4.78 is 0. The number of nitrogens with one attached hydrogen (secondary N) is 3. The first-order valence-corrected chi connectivity index (χ1v) is 5.38. The Labute approximate surface area is 95.2 Å². The van der Waals surface area contributed by atoms with E-state index in [0.717, 1.165) is 12.8 Å². The molecule has 0 rings (SSSR count). The molecular formula is C10H19N3O3. The Balaban J connectivity index is 3.55. The maximum atomic E-state index is 11.1. The average Bonchev–Trinajstić information content (AvgIpc) is 2.24. The fourth-order valence-corrected chi connectivity index (χ4v) is 0.954. The minimum atomic E-state index is -0.665. The van der Waals surface area contributed by atoms with Crippen molar-refractivity contribution in [2.45, 2.75) is 26.7 Å². The van der Waals surface area contributed by atoms with Gasteiger partial charge in [0.25, 0.3) is 0 Å². The number of hydrogen-bond acceptors (Lipinski definition) is 3. The second kappa shape index (κ2) is 8.70. The lowest BCUT2D eigenvalue weighted by atomic mass is 10.3. The summed E-state index contributed by atoms with van der Waals surface area (Å²) >= 11 is 0. The summed E-state index contributed by atoms with van der Waals surface area (Å²) in [5.41, 5.74) is 0. The Morgan fingerprint density at radius 2 is 1.38 bits per heavy atom. The van der Waals surface area contributed by atoms with E-state index in [9.17, 15) is 14.4 Å². The van der Waals surface area contributed by atoms with Crippen molar-refractivity contribution in [1.82, 2.24) is 16.0 Å². The largest absolute Gasteiger partial charge is 0.355 e. The summed E-state index contributed by atoms with van der Waals surface area (Å²) in [6.07, 6.45) is 1.81. The fourth-order valence-electron chi connectivity index (χ4n) is 0.954. The van der Waals surface area contributed by atoms with Crippen LogP contribution in [-0.4, -0.2) is 37.4 Å². The molecule has 6 heteroatoms. The smallest absolute Gasteiger partial charge is 0.309 e. The van der Waals surface area contributed by atoms with Crippen LogP contribution in [0.5, 0.6) is 0 Å². The Bertz CT molecular complexity index is 254. The van der Waals surface area contributed by atoms with Crippen molar-refractivity contribution in [1.29, 1.82) is 0 Å². The molecule has 0 aromatic rings. The lowest BCUT2D eigenvalue weighted by molar-refractivity contribution is -0.139. The molecule has 0 bridgehead atoms. The zero-order chi connectivity index (χ0) is 12.4. The molecule has 3 N–H and O–H groups in total. The van der Waals surface area contributed by atoms with E-state index in [1.807, 2.05) is 6.92 Å². The highest BCUT2D eigenvalue weighted by molar-refractivity contribution is 6.35. The monoisotopic (exact) mass is 229 g/mol. The molecule has 3 amide bonds. The molecule has 6 nitrogen and oxygen atoms in total. The average molecular weight is 229 g/mol. The minimum Gasteiger partial charge on any atom is -0.355 e. The van der Waals surface area contributed by atoms with E-state index in [-0.39, 0.29) is 12.5 Å². The van der Waals surface area contributed by atoms with Gasteiger partial charge in [-0.1, -0.05) is 13.3 Å². The highest BCUT2D eigenvalue weighted by atomic mass is 16.2. The minimum absolute atomic E-state index is 0.165. The van der Waals surface area contributed by atoms with Crippen LogP contribution in [0.2, 0.25) is 0 Å². The molecule has 0 unspecified atom stereocenters. The normalized spacial score (nSPS) is 9.38. The van der Waals surface area contributed by atoms with E-state index in [2.05, 4.69) is 16.0 Å². The summed E-state index contributed by atoms with van der Waals surface area (Å²) in [6.45, 7) is 4.47. The standard InChI is InChI=1S/C10H19N3O3/c1-3-4-5-12-9(15)10(16)13-7-6-11-8(2)14/h3-7H2,1-2H3,(H,11,14)(H,12,15)(H,13,16). The first-order valence-electron chi connectivity index (χ1n) is 5.38. The molecule has 0 aliphatic rings. The van der Waals surface area contributed by atoms with Crippen LogP contribution in [0.25, 0.3) is 0 Å². The molecule has 16 heavy (non-hydrogen) atoms. The Morgan fingerprint density at radius 1 is 0.875 bits per heavy atom. The number of rotatable bonds is 6. The molecule has 0 atom stereocenters. The first kappa shape index (κ1) is 14.4. The van der Waals surface area contributed by atoms with Gasteiger partial charge >= 0.3 is 11.8 Å². The van der Waals surface area contributed by atoms with E-state index in [1.54, 1.807) is 0 Å². The lowest BCUT2D eigenvalue weighted by Crippen LogP contribution is -2.42. The summed E-state index contributed by atoms with van der Waals surface area (Å²) in [6, 6.07) is 0. The molecule has 0 aliphatic heterocycles. The van der Waals surface area contributed by atoms with Gasteiger partial charge in [0.15, 0.2) is 0 Å². The number of hydrogen-bond donors (Lipinski definition) is 3. The number of amides is 3. The van der Waals surface area contributed by atoms with Crippen molar-refractivity contribution in [3.8, 4) is 0 Å². The molecule has 0 radical (unpaired) electrons. The van der Waals surface area contributed by atoms with Crippen LogP contribution in [-0.2, 0) is 14.4 Å². The fraction of sp³-hybridized carbons (Fsp3) is 0.700. The van der Waals surface area contributed by atoms with Gasteiger partial charge in [-0.05, 0) is 6.42 Å². The Hall–Kier alpha value is -1.59. The lowest BCUT2D eigenvalue weighted by Gasteiger charge is -2.06. The molecule has 0 saturated heterocycles. The third-order valence-corrected chi connectivity index (χ3v) is 1.81. The first-order chi connectivity index (χ1) is 7.57. The van der Waals surface area contributed by atoms with Gasteiger partial charge in [-0.3, -0.25) is 14.4 Å². The SMILES string of the molecule is CCCCNC(=O)C(=O)NCCNC(C)=O. The zero-order valence-electron chi connectivity index (χ0n) is 9.76. The van der Waals surface area contributed by atoms with Gasteiger partial charge in [0.2, 0.25) is 5.91 Å². The molecule has 0 heterocycles. The molecule has 0 fully saturated rings. The molecule has 0 aliphatic carbocycles. The summed E-state index contributed by atoms with van der Waals surface area (Å²) in [5, 5.41) is 7.40. The van der Waals surface area contributed by atoms with Crippen LogP contribution in [0.3, 0.4) is 0 Å². The summed E-state index contributed by atoms with van der Waals surface area (Å²) in [5.74, 6) is -1.46. The quantitative estimate of drug-likeness (QED) is 0.410. The maximum Gasteiger partial charge on any atom is 0.309 e. The van der Waals surface area contributed by atoms with Crippen molar-refractivity contribution in [3.05, 3.63) is 0 Å². The third-order valence-electron chi connectivity index (χ3n) is 1.81. The highest BCUT2D eigenvalue weighted by Gasteiger charge is 2.11. The van der Waals surface area contributed by atoms with Crippen molar-refractivity contribution < 1.29 is 14.4 Å². The summed E-state index contributed by atoms with van der Waals surface area (Å²) in [7, 11) is 0. The van der Waals surface area contributed by atoms with Gasteiger partial charge in [-0.25, -0.2) is 0 Å². The van der Waals surface area contributed by atoms with E-state index in [4.69, 9.17) is 0 Å². The zero-order valence-corrected chi connectivity index (χ0v) is 9.76. The van der Waals surface area contributed by atoms with E-state index < -0.39 is 11.8 Å². The van der Waals surface area contributed by atoms with Crippen molar-refractivity contribution in [3.63, 3.8) is 0 Å². The highest BCUT2D eigenvalue weighted by Crippen LogP contribution is 1.82. The van der Waals surface area contributed by atoms with Gasteiger partial charge in [0.1, 0.15) is 0 Å². The number of carbonyl (C=O) groups is 3. The van der Waals surface area contributed by atoms with Crippen molar-refractivity contribution >= 4 is 17.7 Å². The molecule has 92 valence electrons. The number of carbonyl (C=O) groups excluding carboxylic acids is 3. The van der Waals surface area contributed by atoms with Gasteiger partial charge < -0.3 is 16.0 Å². The van der Waals surface area contributed by atoms with Crippen molar-refractivity contribution in [2.75, 3.05) is 19.6 Å². The van der Waals surface area contributed by atoms with Gasteiger partial charge in [0, 0.05) is 26.6 Å². The molecule has 0 aromatic carbocycles. The predicted molar refractivity (Wildman–Crippen MR) is 59.6 cm³/mol. The molecule has 0 spiro atoms. The summed E-state index contributed by atoms with van der Waals surface area (Å²) in [4.78, 5) is 32.8. The van der Waals surface area contributed by atoms with E-state index >= 15 is 0 Å². The van der Waals surface area contributed by atoms with Crippen LogP contribution >= 0.6 is 0 Å².